The lowest BCUT2D eigenvalue weighted by molar-refractivity contribution is -0.133. The summed E-state index contributed by atoms with van der Waals surface area (Å²) in [4.78, 5) is 2.77. The van der Waals surface area contributed by atoms with Crippen LogP contribution in [0.15, 0.2) is 0 Å². The fourth-order valence-corrected chi connectivity index (χ4v) is 9.21. The molecule has 27 heavy (non-hydrogen) atoms. The standard InChI is InChI=1S/C24H39NO2/c1-23-12-11-19-17(18(23)9-10-21(23)26)8-6-15-5-7-16(14-24(15,19)2)25-13-3-4-20-22(25)27-20/h15-22,26H,3-14H2,1-2H3/t15?,16?,17-,18-,19+,20?,21?,22?,23-,24-/m0/s1. The number of aliphatic hydroxyl groups is 1. The minimum atomic E-state index is -0.0367. The molecule has 0 aromatic carbocycles. The van der Waals surface area contributed by atoms with Crippen molar-refractivity contribution >= 4 is 0 Å². The van der Waals surface area contributed by atoms with Crippen LogP contribution in [0.2, 0.25) is 0 Å². The van der Waals surface area contributed by atoms with Crippen LogP contribution in [0, 0.1) is 34.5 Å². The Morgan fingerprint density at radius 2 is 1.70 bits per heavy atom. The number of rotatable bonds is 1. The van der Waals surface area contributed by atoms with E-state index in [1.165, 1.54) is 70.8 Å². The molecule has 152 valence electrons. The van der Waals surface area contributed by atoms with Crippen LogP contribution in [0.25, 0.3) is 0 Å². The van der Waals surface area contributed by atoms with E-state index < -0.39 is 0 Å². The number of hydrogen-bond acceptors (Lipinski definition) is 3. The Morgan fingerprint density at radius 1 is 0.889 bits per heavy atom. The lowest BCUT2D eigenvalue weighted by Gasteiger charge is -2.61. The molecule has 0 amide bonds. The monoisotopic (exact) mass is 373 g/mol. The van der Waals surface area contributed by atoms with Gasteiger partial charge in [-0.25, -0.2) is 0 Å². The van der Waals surface area contributed by atoms with Gasteiger partial charge in [0.05, 0.1) is 12.2 Å². The maximum absolute atomic E-state index is 10.7. The molecule has 10 atom stereocenters. The van der Waals surface area contributed by atoms with Gasteiger partial charge in [0, 0.05) is 12.6 Å². The third kappa shape index (κ3) is 2.43. The van der Waals surface area contributed by atoms with Crippen LogP contribution < -0.4 is 0 Å². The maximum Gasteiger partial charge on any atom is 0.137 e. The van der Waals surface area contributed by atoms with E-state index in [4.69, 9.17) is 4.74 Å². The van der Waals surface area contributed by atoms with Crippen molar-refractivity contribution in [1.29, 1.82) is 0 Å². The second-order valence-electron chi connectivity index (χ2n) is 11.7. The molecule has 2 saturated heterocycles. The summed E-state index contributed by atoms with van der Waals surface area (Å²) >= 11 is 0. The first-order valence-corrected chi connectivity index (χ1v) is 12.1. The Balaban J connectivity index is 1.26. The van der Waals surface area contributed by atoms with Gasteiger partial charge in [-0.3, -0.25) is 4.90 Å². The van der Waals surface area contributed by atoms with Gasteiger partial charge in [-0.2, -0.15) is 0 Å². The third-order valence-electron chi connectivity index (χ3n) is 10.8. The average Bonchev–Trinajstić information content (AvgIpc) is 3.39. The molecule has 2 aliphatic heterocycles. The minimum absolute atomic E-state index is 0.0367. The fraction of sp³-hybridized carbons (Fsp3) is 1.00. The minimum Gasteiger partial charge on any atom is -0.393 e. The Kier molecular flexibility index (Phi) is 3.91. The largest absolute Gasteiger partial charge is 0.393 e. The van der Waals surface area contributed by atoms with Crippen molar-refractivity contribution in [3.8, 4) is 0 Å². The number of fused-ring (bicyclic) bond motifs is 6. The summed E-state index contributed by atoms with van der Waals surface area (Å²) in [6.45, 7) is 6.37. The molecule has 2 heterocycles. The number of aliphatic hydroxyl groups excluding tert-OH is 1. The van der Waals surface area contributed by atoms with Gasteiger partial charge in [-0.15, -0.1) is 0 Å². The van der Waals surface area contributed by atoms with Gasteiger partial charge < -0.3 is 9.84 Å². The van der Waals surface area contributed by atoms with Crippen LogP contribution in [0.5, 0.6) is 0 Å². The van der Waals surface area contributed by atoms with Gasteiger partial charge >= 0.3 is 0 Å². The molecule has 0 spiro atoms. The summed E-state index contributed by atoms with van der Waals surface area (Å²) in [5, 5.41) is 10.7. The first kappa shape index (κ1) is 17.7. The Labute approximate surface area is 165 Å². The van der Waals surface area contributed by atoms with Gasteiger partial charge in [0.25, 0.3) is 0 Å². The molecule has 0 aromatic heterocycles. The quantitative estimate of drug-likeness (QED) is 0.684. The average molecular weight is 374 g/mol. The highest BCUT2D eigenvalue weighted by Gasteiger charge is 2.61. The van der Waals surface area contributed by atoms with Crippen LogP contribution in [-0.4, -0.2) is 41.0 Å². The van der Waals surface area contributed by atoms with E-state index >= 15 is 0 Å². The van der Waals surface area contributed by atoms with Crippen molar-refractivity contribution in [3.63, 3.8) is 0 Å². The molecule has 1 N–H and O–H groups in total. The fourth-order valence-electron chi connectivity index (χ4n) is 9.21. The SMILES string of the molecule is C[C@]12CC(N3CCCC4OC43)CCC1CC[C@@H]1[C@H]2CC[C@]2(C)C(O)CC[C@@H]12. The highest BCUT2D eigenvalue weighted by molar-refractivity contribution is 5.10. The van der Waals surface area contributed by atoms with E-state index in [9.17, 15) is 5.11 Å². The lowest BCUT2D eigenvalue weighted by atomic mass is 9.45. The van der Waals surface area contributed by atoms with E-state index in [0.717, 1.165) is 36.1 Å². The van der Waals surface area contributed by atoms with E-state index in [0.29, 0.717) is 17.7 Å². The van der Waals surface area contributed by atoms with Crippen LogP contribution in [-0.2, 0) is 4.74 Å². The molecule has 6 fully saturated rings. The summed E-state index contributed by atoms with van der Waals surface area (Å²) in [6, 6.07) is 0.766. The van der Waals surface area contributed by atoms with E-state index in [-0.39, 0.29) is 11.5 Å². The second kappa shape index (κ2) is 5.95. The van der Waals surface area contributed by atoms with Crippen LogP contribution in [0.1, 0.15) is 84.5 Å². The van der Waals surface area contributed by atoms with Crippen molar-refractivity contribution in [2.24, 2.45) is 34.5 Å². The summed E-state index contributed by atoms with van der Waals surface area (Å²) < 4.78 is 6.00. The van der Waals surface area contributed by atoms with Crippen molar-refractivity contribution in [1.82, 2.24) is 4.90 Å². The van der Waals surface area contributed by atoms with Gasteiger partial charge in [0.2, 0.25) is 0 Å². The second-order valence-corrected chi connectivity index (χ2v) is 11.7. The van der Waals surface area contributed by atoms with Gasteiger partial charge in [-0.1, -0.05) is 13.8 Å². The maximum atomic E-state index is 10.7. The molecule has 4 saturated carbocycles. The first-order chi connectivity index (χ1) is 13.0. The predicted octanol–water partition coefficient (Wildman–Crippen LogP) is 4.58. The van der Waals surface area contributed by atoms with Crippen LogP contribution >= 0.6 is 0 Å². The molecular formula is C24H39NO2. The number of nitrogens with zero attached hydrogens (tertiary/aromatic N) is 1. The van der Waals surface area contributed by atoms with Gasteiger partial charge in [-0.05, 0) is 105 Å². The lowest BCUT2D eigenvalue weighted by Crippen LogP contribution is -2.57. The van der Waals surface area contributed by atoms with Crippen molar-refractivity contribution in [3.05, 3.63) is 0 Å². The van der Waals surface area contributed by atoms with Crippen LogP contribution in [0.4, 0.5) is 0 Å². The van der Waals surface area contributed by atoms with Gasteiger partial charge in [0.15, 0.2) is 0 Å². The molecule has 0 bridgehead atoms. The van der Waals surface area contributed by atoms with E-state index in [1.54, 1.807) is 0 Å². The Morgan fingerprint density at radius 3 is 2.59 bits per heavy atom. The van der Waals surface area contributed by atoms with Gasteiger partial charge in [0.1, 0.15) is 6.23 Å². The van der Waals surface area contributed by atoms with Crippen molar-refractivity contribution < 1.29 is 9.84 Å². The zero-order valence-corrected chi connectivity index (χ0v) is 17.4. The predicted molar refractivity (Wildman–Crippen MR) is 106 cm³/mol. The molecular weight excluding hydrogens is 334 g/mol. The van der Waals surface area contributed by atoms with E-state index in [2.05, 4.69) is 18.7 Å². The molecule has 4 aliphatic carbocycles. The van der Waals surface area contributed by atoms with Crippen molar-refractivity contribution in [2.75, 3.05) is 6.54 Å². The number of epoxide rings is 1. The summed E-state index contributed by atoms with van der Waals surface area (Å²) in [6.07, 6.45) is 15.8. The zero-order chi connectivity index (χ0) is 18.4. The smallest absolute Gasteiger partial charge is 0.137 e. The molecule has 3 nitrogen and oxygen atoms in total. The highest BCUT2D eigenvalue weighted by atomic mass is 16.6. The molecule has 3 heteroatoms. The summed E-state index contributed by atoms with van der Waals surface area (Å²) in [5.41, 5.74) is 0.753. The normalized spacial score (nSPS) is 60.1. The Hall–Kier alpha value is -0.120. The van der Waals surface area contributed by atoms with E-state index in [1.807, 2.05) is 0 Å². The summed E-state index contributed by atoms with van der Waals surface area (Å²) in [5.74, 6) is 3.53. The number of piperidine rings is 1. The molecule has 0 radical (unpaired) electrons. The summed E-state index contributed by atoms with van der Waals surface area (Å²) in [7, 11) is 0. The number of likely N-dealkylation sites (tertiary alicyclic amines) is 1. The molecule has 0 aromatic rings. The molecule has 5 unspecified atom stereocenters. The zero-order valence-electron chi connectivity index (χ0n) is 17.4. The topological polar surface area (TPSA) is 36.0 Å². The molecule has 6 rings (SSSR count). The Bertz CT molecular complexity index is 607. The molecule has 6 aliphatic rings. The number of hydrogen-bond donors (Lipinski definition) is 1. The highest BCUT2D eigenvalue weighted by Crippen LogP contribution is 2.66. The first-order valence-electron chi connectivity index (χ1n) is 12.1. The van der Waals surface area contributed by atoms with Crippen molar-refractivity contribution in [2.45, 2.75) is 109 Å². The third-order valence-corrected chi connectivity index (χ3v) is 10.8. The number of ether oxygens (including phenoxy) is 1. The van der Waals surface area contributed by atoms with Crippen LogP contribution in [0.3, 0.4) is 0 Å².